The molecule has 0 spiro atoms. The van der Waals surface area contributed by atoms with E-state index in [4.69, 9.17) is 5.73 Å². The van der Waals surface area contributed by atoms with E-state index in [2.05, 4.69) is 12.1 Å². The van der Waals surface area contributed by atoms with Gasteiger partial charge in [0.1, 0.15) is 5.41 Å². The Morgan fingerprint density at radius 1 is 1.24 bits per heavy atom. The van der Waals surface area contributed by atoms with E-state index in [1.807, 2.05) is 4.90 Å². The summed E-state index contributed by atoms with van der Waals surface area (Å²) >= 11 is 0. The van der Waals surface area contributed by atoms with E-state index < -0.39 is 5.41 Å². The Morgan fingerprint density at radius 2 is 1.90 bits per heavy atom. The molecule has 1 unspecified atom stereocenters. The minimum Gasteiger partial charge on any atom is -0.409 e. The van der Waals surface area contributed by atoms with Crippen molar-refractivity contribution in [2.75, 3.05) is 6.54 Å². The number of hydrogen-bond donors (Lipinski definition) is 2. The molecule has 1 saturated carbocycles. The summed E-state index contributed by atoms with van der Waals surface area (Å²) in [6, 6.07) is 0.317. The summed E-state index contributed by atoms with van der Waals surface area (Å²) in [6.07, 6.45) is 9.97. The second-order valence-corrected chi connectivity index (χ2v) is 6.54. The van der Waals surface area contributed by atoms with Crippen LogP contribution in [0.5, 0.6) is 0 Å². The van der Waals surface area contributed by atoms with Gasteiger partial charge in [-0.3, -0.25) is 4.79 Å². The Labute approximate surface area is 127 Å². The lowest BCUT2D eigenvalue weighted by atomic mass is 9.77. The molecule has 120 valence electrons. The minimum atomic E-state index is -0.768. The summed E-state index contributed by atoms with van der Waals surface area (Å²) in [5.41, 5.74) is 5.23. The maximum Gasteiger partial charge on any atom is 0.236 e. The lowest BCUT2D eigenvalue weighted by Crippen LogP contribution is -2.55. The smallest absolute Gasteiger partial charge is 0.236 e. The predicted octanol–water partition coefficient (Wildman–Crippen LogP) is 2.86. The Morgan fingerprint density at radius 3 is 2.48 bits per heavy atom. The van der Waals surface area contributed by atoms with E-state index in [9.17, 15) is 10.0 Å². The van der Waals surface area contributed by atoms with E-state index in [1.54, 1.807) is 0 Å². The zero-order valence-electron chi connectivity index (χ0n) is 13.2. The first-order chi connectivity index (χ1) is 10.2. The van der Waals surface area contributed by atoms with Gasteiger partial charge in [-0.2, -0.15) is 0 Å². The Hall–Kier alpha value is -1.26. The van der Waals surface area contributed by atoms with Gasteiger partial charge in [0.15, 0.2) is 5.84 Å². The van der Waals surface area contributed by atoms with Crippen molar-refractivity contribution in [2.45, 2.75) is 77.2 Å². The fraction of sp³-hybridized carbons (Fsp3) is 0.875. The second kappa shape index (κ2) is 7.14. The summed E-state index contributed by atoms with van der Waals surface area (Å²) in [4.78, 5) is 15.3. The van der Waals surface area contributed by atoms with E-state index in [1.165, 1.54) is 6.42 Å². The monoisotopic (exact) mass is 295 g/mol. The molecule has 2 rings (SSSR count). The van der Waals surface area contributed by atoms with E-state index in [0.717, 1.165) is 51.5 Å². The van der Waals surface area contributed by atoms with Crippen LogP contribution in [-0.2, 0) is 4.79 Å². The molecule has 5 heteroatoms. The van der Waals surface area contributed by atoms with Crippen LogP contribution >= 0.6 is 0 Å². The number of likely N-dealkylation sites (tertiary alicyclic amines) is 1. The second-order valence-electron chi connectivity index (χ2n) is 6.54. The van der Waals surface area contributed by atoms with Gasteiger partial charge in [0.25, 0.3) is 0 Å². The number of nitrogens with two attached hydrogens (primary N) is 1. The number of amidine groups is 1. The van der Waals surface area contributed by atoms with Crippen molar-refractivity contribution < 1.29 is 10.0 Å². The number of nitrogens with zero attached hydrogens (tertiary/aromatic N) is 2. The fourth-order valence-corrected chi connectivity index (χ4v) is 3.97. The molecule has 1 heterocycles. The van der Waals surface area contributed by atoms with Gasteiger partial charge in [-0.1, -0.05) is 37.8 Å². The quantitative estimate of drug-likeness (QED) is 0.276. The van der Waals surface area contributed by atoms with Gasteiger partial charge < -0.3 is 15.8 Å². The van der Waals surface area contributed by atoms with Crippen LogP contribution in [0.15, 0.2) is 5.16 Å². The van der Waals surface area contributed by atoms with Crippen molar-refractivity contribution in [1.29, 1.82) is 0 Å². The number of oxime groups is 1. The van der Waals surface area contributed by atoms with Crippen LogP contribution in [0.3, 0.4) is 0 Å². The van der Waals surface area contributed by atoms with Gasteiger partial charge >= 0.3 is 0 Å². The maximum atomic E-state index is 13.3. The van der Waals surface area contributed by atoms with Crippen molar-refractivity contribution >= 4 is 11.7 Å². The van der Waals surface area contributed by atoms with Crippen molar-refractivity contribution in [3.05, 3.63) is 0 Å². The number of piperidine rings is 1. The first kappa shape index (κ1) is 16.1. The summed E-state index contributed by atoms with van der Waals surface area (Å²) in [6.45, 7) is 2.96. The van der Waals surface area contributed by atoms with Crippen LogP contribution in [0.25, 0.3) is 0 Å². The lowest BCUT2D eigenvalue weighted by molar-refractivity contribution is -0.143. The molecule has 3 N–H and O–H groups in total. The molecule has 1 atom stereocenters. The lowest BCUT2D eigenvalue weighted by Gasteiger charge is -2.42. The molecule has 1 amide bonds. The molecule has 1 aliphatic heterocycles. The highest BCUT2D eigenvalue weighted by atomic mass is 16.4. The number of carbonyl (C=O) groups excluding carboxylic acids is 1. The van der Waals surface area contributed by atoms with Gasteiger partial charge in [-0.25, -0.2) is 0 Å². The zero-order chi connectivity index (χ0) is 15.3. The highest BCUT2D eigenvalue weighted by Gasteiger charge is 2.46. The van der Waals surface area contributed by atoms with Crippen LogP contribution in [0.2, 0.25) is 0 Å². The Balaban J connectivity index is 2.28. The molecule has 2 fully saturated rings. The van der Waals surface area contributed by atoms with Crippen LogP contribution in [0.1, 0.15) is 71.1 Å². The van der Waals surface area contributed by atoms with Gasteiger partial charge in [0.05, 0.1) is 0 Å². The normalized spacial score (nSPS) is 27.2. The third-order valence-corrected chi connectivity index (χ3v) is 5.32. The molecule has 2 aliphatic rings. The molecule has 5 nitrogen and oxygen atoms in total. The highest BCUT2D eigenvalue weighted by Crippen LogP contribution is 2.39. The van der Waals surface area contributed by atoms with Gasteiger partial charge in [-0.15, -0.1) is 0 Å². The van der Waals surface area contributed by atoms with Gasteiger partial charge in [-0.05, 0) is 38.5 Å². The third-order valence-electron chi connectivity index (χ3n) is 5.32. The molecule has 1 saturated heterocycles. The van der Waals surface area contributed by atoms with Gasteiger partial charge in [0, 0.05) is 12.6 Å². The molecule has 0 radical (unpaired) electrons. The van der Waals surface area contributed by atoms with E-state index >= 15 is 0 Å². The van der Waals surface area contributed by atoms with E-state index in [-0.39, 0.29) is 11.7 Å². The summed E-state index contributed by atoms with van der Waals surface area (Å²) in [7, 11) is 0. The number of rotatable bonds is 3. The maximum absolute atomic E-state index is 13.3. The van der Waals surface area contributed by atoms with Gasteiger partial charge in [0.2, 0.25) is 5.91 Å². The first-order valence-corrected chi connectivity index (χ1v) is 8.45. The third kappa shape index (κ3) is 3.16. The van der Waals surface area contributed by atoms with Crippen LogP contribution in [-0.4, -0.2) is 34.4 Å². The largest absolute Gasteiger partial charge is 0.409 e. The number of carbonyl (C=O) groups is 1. The first-order valence-electron chi connectivity index (χ1n) is 8.45. The molecule has 0 aromatic carbocycles. The average Bonchev–Trinajstić information content (AvgIpc) is 2.80. The molecular weight excluding hydrogens is 266 g/mol. The molecule has 0 bridgehead atoms. The standard InChI is InChI=1S/C16H29N3O2/c1-2-13-9-5-8-12-19(13)15(20)16(14(17)18-21)10-6-3-4-7-11-16/h13,21H,2-12H2,1H3,(H2,17,18). The summed E-state index contributed by atoms with van der Waals surface area (Å²) < 4.78 is 0. The topological polar surface area (TPSA) is 78.9 Å². The summed E-state index contributed by atoms with van der Waals surface area (Å²) in [5.74, 6) is 0.223. The van der Waals surface area contributed by atoms with Crippen molar-refractivity contribution in [3.8, 4) is 0 Å². The molecule has 0 aromatic rings. The van der Waals surface area contributed by atoms with Crippen LogP contribution < -0.4 is 5.73 Å². The van der Waals surface area contributed by atoms with Crippen LogP contribution in [0.4, 0.5) is 0 Å². The zero-order valence-corrected chi connectivity index (χ0v) is 13.2. The van der Waals surface area contributed by atoms with E-state index in [0.29, 0.717) is 18.9 Å². The van der Waals surface area contributed by atoms with Crippen molar-refractivity contribution in [3.63, 3.8) is 0 Å². The minimum absolute atomic E-state index is 0.103. The number of hydrogen-bond acceptors (Lipinski definition) is 3. The van der Waals surface area contributed by atoms with Crippen LogP contribution in [0, 0.1) is 5.41 Å². The molecular formula is C16H29N3O2. The molecule has 21 heavy (non-hydrogen) atoms. The van der Waals surface area contributed by atoms with Crippen molar-refractivity contribution in [1.82, 2.24) is 4.90 Å². The Kier molecular flexibility index (Phi) is 5.48. The predicted molar refractivity (Wildman–Crippen MR) is 83.2 cm³/mol. The SMILES string of the molecule is CCC1CCCCN1C(=O)C1(C(N)=NO)CCCCCC1. The average molecular weight is 295 g/mol. The number of amides is 1. The van der Waals surface area contributed by atoms with Crippen molar-refractivity contribution in [2.24, 2.45) is 16.3 Å². The molecule has 1 aliphatic carbocycles. The fourth-order valence-electron chi connectivity index (χ4n) is 3.97. The highest BCUT2D eigenvalue weighted by molar-refractivity contribution is 6.06. The molecule has 0 aromatic heterocycles. The Bertz CT molecular complexity index is 387. The summed E-state index contributed by atoms with van der Waals surface area (Å²) in [5, 5.41) is 12.4.